The molecule has 6 rings (SSSR count). The van der Waals surface area contributed by atoms with Gasteiger partial charge in [-0.1, -0.05) is 12.1 Å². The molecule has 6 nitrogen and oxygen atoms in total. The Hall–Kier alpha value is -2.44. The minimum Gasteiger partial charge on any atom is -0.358 e. The zero-order valence-corrected chi connectivity index (χ0v) is 18.2. The van der Waals surface area contributed by atoms with Gasteiger partial charge in [0.05, 0.1) is 17.4 Å². The van der Waals surface area contributed by atoms with Gasteiger partial charge in [0.1, 0.15) is 11.5 Å². The highest BCUT2D eigenvalue weighted by Gasteiger charge is 2.34. The molecular formula is C25H32N6. The van der Waals surface area contributed by atoms with Crippen LogP contribution in [0.2, 0.25) is 0 Å². The second kappa shape index (κ2) is 8.24. The topological polar surface area (TPSA) is 39.9 Å². The molecule has 3 aromatic heterocycles. The minimum absolute atomic E-state index is 0.351. The van der Waals surface area contributed by atoms with Crippen molar-refractivity contribution in [2.75, 3.05) is 44.2 Å². The Balaban J connectivity index is 1.29. The average Bonchev–Trinajstić information content (AvgIpc) is 3.26. The molecule has 2 saturated heterocycles. The largest absolute Gasteiger partial charge is 0.358 e. The molecule has 0 spiro atoms. The first-order chi connectivity index (χ1) is 15.3. The monoisotopic (exact) mass is 416 g/mol. The van der Waals surface area contributed by atoms with E-state index in [-0.39, 0.29) is 0 Å². The summed E-state index contributed by atoms with van der Waals surface area (Å²) in [6.07, 6.45) is 9.59. The van der Waals surface area contributed by atoms with Gasteiger partial charge in [-0.15, -0.1) is 0 Å². The summed E-state index contributed by atoms with van der Waals surface area (Å²) in [6, 6.07) is 13.1. The van der Waals surface area contributed by atoms with Crippen LogP contribution in [0.5, 0.6) is 0 Å². The predicted molar refractivity (Wildman–Crippen MR) is 123 cm³/mol. The number of hydrogen-bond donors (Lipinski definition) is 0. The smallest absolute Gasteiger partial charge is 0.138 e. The van der Waals surface area contributed by atoms with Crippen LogP contribution in [-0.4, -0.2) is 63.4 Å². The quantitative estimate of drug-likeness (QED) is 0.614. The maximum atomic E-state index is 5.14. The molecule has 0 radical (unpaired) electrons. The molecule has 31 heavy (non-hydrogen) atoms. The molecule has 0 bridgehead atoms. The first-order valence-electron chi connectivity index (χ1n) is 11.9. The first kappa shape index (κ1) is 19.3. The summed E-state index contributed by atoms with van der Waals surface area (Å²) >= 11 is 0. The fourth-order valence-electron chi connectivity index (χ4n) is 5.25. The van der Waals surface area contributed by atoms with Gasteiger partial charge in [0.15, 0.2) is 0 Å². The predicted octanol–water partition coefficient (Wildman–Crippen LogP) is 3.60. The van der Waals surface area contributed by atoms with Crippen molar-refractivity contribution in [2.24, 2.45) is 5.92 Å². The highest BCUT2D eigenvalue weighted by atomic mass is 15.3. The van der Waals surface area contributed by atoms with Crippen LogP contribution in [0.25, 0.3) is 5.65 Å². The molecule has 1 aliphatic carbocycles. The maximum absolute atomic E-state index is 5.14. The Kier molecular flexibility index (Phi) is 5.12. The van der Waals surface area contributed by atoms with Gasteiger partial charge >= 0.3 is 0 Å². The third-order valence-corrected chi connectivity index (χ3v) is 7.14. The number of anilines is 1. The average molecular weight is 417 g/mol. The van der Waals surface area contributed by atoms with Gasteiger partial charge in [-0.3, -0.25) is 19.2 Å². The van der Waals surface area contributed by atoms with E-state index in [0.717, 1.165) is 56.5 Å². The van der Waals surface area contributed by atoms with Gasteiger partial charge in [-0.25, -0.2) is 4.98 Å². The summed E-state index contributed by atoms with van der Waals surface area (Å²) in [5, 5.41) is 0. The third-order valence-electron chi connectivity index (χ3n) is 7.14. The molecule has 0 aromatic carbocycles. The van der Waals surface area contributed by atoms with Crippen molar-refractivity contribution in [1.82, 2.24) is 24.2 Å². The summed E-state index contributed by atoms with van der Waals surface area (Å²) in [6.45, 7) is 7.68. The van der Waals surface area contributed by atoms with Crippen molar-refractivity contribution in [3.05, 3.63) is 60.2 Å². The summed E-state index contributed by atoms with van der Waals surface area (Å²) in [7, 11) is 0. The van der Waals surface area contributed by atoms with Crippen molar-refractivity contribution in [3.8, 4) is 0 Å². The third kappa shape index (κ3) is 4.06. The van der Waals surface area contributed by atoms with E-state index < -0.39 is 0 Å². The highest BCUT2D eigenvalue weighted by molar-refractivity contribution is 5.53. The number of fused-ring (bicyclic) bond motifs is 1. The van der Waals surface area contributed by atoms with E-state index in [1.807, 2.05) is 12.3 Å². The van der Waals surface area contributed by atoms with E-state index in [2.05, 4.69) is 60.6 Å². The number of hydrogen-bond acceptors (Lipinski definition) is 5. The van der Waals surface area contributed by atoms with Crippen LogP contribution in [-0.2, 0) is 6.54 Å². The van der Waals surface area contributed by atoms with E-state index in [9.17, 15) is 0 Å². The summed E-state index contributed by atoms with van der Waals surface area (Å²) in [5.74, 6) is 2.19. The summed E-state index contributed by atoms with van der Waals surface area (Å²) < 4.78 is 2.33. The number of pyridine rings is 2. The van der Waals surface area contributed by atoms with Crippen LogP contribution < -0.4 is 4.90 Å². The van der Waals surface area contributed by atoms with E-state index in [1.54, 1.807) is 0 Å². The maximum Gasteiger partial charge on any atom is 0.138 e. The Bertz CT molecular complexity index is 1020. The van der Waals surface area contributed by atoms with E-state index in [1.165, 1.54) is 43.7 Å². The Morgan fingerprint density at radius 3 is 2.65 bits per heavy atom. The first-order valence-corrected chi connectivity index (χ1v) is 11.9. The number of nitrogens with zero attached hydrogens (tertiary/aromatic N) is 6. The fourth-order valence-corrected chi connectivity index (χ4v) is 5.25. The van der Waals surface area contributed by atoms with Crippen LogP contribution in [0.15, 0.2) is 48.8 Å². The lowest BCUT2D eigenvalue weighted by Crippen LogP contribution is -2.48. The van der Waals surface area contributed by atoms with Crippen LogP contribution in [0.3, 0.4) is 0 Å². The zero-order valence-electron chi connectivity index (χ0n) is 18.2. The van der Waals surface area contributed by atoms with Crippen molar-refractivity contribution < 1.29 is 0 Å². The van der Waals surface area contributed by atoms with Crippen LogP contribution >= 0.6 is 0 Å². The van der Waals surface area contributed by atoms with E-state index in [4.69, 9.17) is 4.98 Å². The molecule has 0 unspecified atom stereocenters. The summed E-state index contributed by atoms with van der Waals surface area (Å²) in [5.41, 5.74) is 3.45. The SMILES string of the molecule is c1ccc(CN2CCN(CC3CC3)[C@@H](c3cn4c(N5CCCC5)cccc4n3)C2)nc1. The molecule has 6 heteroatoms. The van der Waals surface area contributed by atoms with Crippen LogP contribution in [0.1, 0.15) is 43.1 Å². The van der Waals surface area contributed by atoms with Gasteiger partial charge in [-0.05, 0) is 55.9 Å². The lowest BCUT2D eigenvalue weighted by Gasteiger charge is -2.40. The normalized spacial score (nSPS) is 23.1. The van der Waals surface area contributed by atoms with Gasteiger partial charge in [0.25, 0.3) is 0 Å². The van der Waals surface area contributed by atoms with Crippen molar-refractivity contribution in [1.29, 1.82) is 0 Å². The molecule has 162 valence electrons. The van der Waals surface area contributed by atoms with Gasteiger partial charge < -0.3 is 4.90 Å². The van der Waals surface area contributed by atoms with Crippen LogP contribution in [0.4, 0.5) is 5.82 Å². The molecule has 3 aliphatic rings. The van der Waals surface area contributed by atoms with Gasteiger partial charge in [0.2, 0.25) is 0 Å². The van der Waals surface area contributed by atoms with Crippen LogP contribution in [0, 0.1) is 5.92 Å². The Morgan fingerprint density at radius 1 is 0.935 bits per heavy atom. The molecule has 1 atom stereocenters. The molecular weight excluding hydrogens is 384 g/mol. The fraction of sp³-hybridized carbons (Fsp3) is 0.520. The Morgan fingerprint density at radius 2 is 1.84 bits per heavy atom. The number of imidazole rings is 1. The second-order valence-corrected chi connectivity index (χ2v) is 9.48. The zero-order chi connectivity index (χ0) is 20.6. The number of rotatable bonds is 6. The lowest BCUT2D eigenvalue weighted by atomic mass is 10.1. The molecule has 3 aromatic rings. The molecule has 0 amide bonds. The Labute approximate surface area is 184 Å². The molecule has 1 saturated carbocycles. The molecule has 2 aliphatic heterocycles. The number of piperazine rings is 1. The van der Waals surface area contributed by atoms with E-state index >= 15 is 0 Å². The van der Waals surface area contributed by atoms with Gasteiger partial charge in [-0.2, -0.15) is 0 Å². The van der Waals surface area contributed by atoms with Crippen molar-refractivity contribution in [2.45, 2.75) is 38.3 Å². The minimum atomic E-state index is 0.351. The molecule has 5 heterocycles. The van der Waals surface area contributed by atoms with Gasteiger partial charge in [0, 0.05) is 58.2 Å². The second-order valence-electron chi connectivity index (χ2n) is 9.48. The standard InChI is InChI=1S/C25H32N6/c1-2-11-26-21(6-1)17-28-14-15-30(16-20-9-10-20)23(19-28)22-18-31-24(27-22)7-5-8-25(31)29-12-3-4-13-29/h1-2,5-8,11,18,20,23H,3-4,9-10,12-17,19H2/t23-/m1/s1. The number of aromatic nitrogens is 3. The molecule has 0 N–H and O–H groups in total. The molecule has 3 fully saturated rings. The highest BCUT2D eigenvalue weighted by Crippen LogP contribution is 2.35. The van der Waals surface area contributed by atoms with Crippen molar-refractivity contribution >= 4 is 11.5 Å². The lowest BCUT2D eigenvalue weighted by molar-refractivity contribution is 0.0633. The van der Waals surface area contributed by atoms with E-state index in [0.29, 0.717) is 6.04 Å². The summed E-state index contributed by atoms with van der Waals surface area (Å²) in [4.78, 5) is 17.5. The van der Waals surface area contributed by atoms with Crippen molar-refractivity contribution in [3.63, 3.8) is 0 Å².